The lowest BCUT2D eigenvalue weighted by molar-refractivity contribution is 0.100. The number of pyridine rings is 1. The molecule has 0 aliphatic carbocycles. The SMILES string of the molecule is NC(=O)c1cc(F)nc(Br)c1N. The number of carbonyl (C=O) groups excluding carboxylic acids is 1. The maximum atomic E-state index is 12.6. The molecule has 0 bridgehead atoms. The number of hydrogen-bond acceptors (Lipinski definition) is 3. The molecular weight excluding hydrogens is 229 g/mol. The molecule has 1 aromatic heterocycles. The van der Waals surface area contributed by atoms with E-state index < -0.39 is 11.9 Å². The molecule has 4 N–H and O–H groups in total. The lowest BCUT2D eigenvalue weighted by Crippen LogP contribution is -2.14. The van der Waals surface area contributed by atoms with Crippen LogP contribution in [0.3, 0.4) is 0 Å². The Labute approximate surface area is 75.9 Å². The van der Waals surface area contributed by atoms with Crippen LogP contribution in [0.5, 0.6) is 0 Å². The van der Waals surface area contributed by atoms with E-state index >= 15 is 0 Å². The Bertz CT molecular complexity index is 342. The Morgan fingerprint density at radius 1 is 1.67 bits per heavy atom. The van der Waals surface area contributed by atoms with Gasteiger partial charge in [-0.3, -0.25) is 4.79 Å². The second-order valence-corrected chi connectivity index (χ2v) is 2.81. The Balaban J connectivity index is 3.37. The number of anilines is 1. The smallest absolute Gasteiger partial charge is 0.251 e. The fraction of sp³-hybridized carbons (Fsp3) is 0. The molecule has 12 heavy (non-hydrogen) atoms. The van der Waals surface area contributed by atoms with Gasteiger partial charge in [0, 0.05) is 6.07 Å². The topological polar surface area (TPSA) is 82.0 Å². The summed E-state index contributed by atoms with van der Waals surface area (Å²) in [6.07, 6.45) is 0. The Morgan fingerprint density at radius 2 is 2.25 bits per heavy atom. The number of halogens is 2. The number of primary amides is 1. The van der Waals surface area contributed by atoms with Gasteiger partial charge in [-0.25, -0.2) is 4.98 Å². The van der Waals surface area contributed by atoms with Crippen molar-refractivity contribution in [3.05, 3.63) is 22.2 Å². The van der Waals surface area contributed by atoms with Gasteiger partial charge in [0.25, 0.3) is 5.91 Å². The fourth-order valence-corrected chi connectivity index (χ4v) is 1.08. The van der Waals surface area contributed by atoms with Crippen LogP contribution in [0.1, 0.15) is 10.4 Å². The number of hydrogen-bond donors (Lipinski definition) is 2. The molecule has 6 heteroatoms. The maximum Gasteiger partial charge on any atom is 0.251 e. The van der Waals surface area contributed by atoms with Gasteiger partial charge in [0.15, 0.2) is 0 Å². The molecule has 0 aliphatic heterocycles. The summed E-state index contributed by atoms with van der Waals surface area (Å²) in [5.41, 5.74) is 10.3. The molecule has 1 rings (SSSR count). The first-order valence-electron chi connectivity index (χ1n) is 2.93. The molecule has 4 nitrogen and oxygen atoms in total. The predicted molar refractivity (Wildman–Crippen MR) is 44.8 cm³/mol. The van der Waals surface area contributed by atoms with Crippen LogP contribution < -0.4 is 11.5 Å². The monoisotopic (exact) mass is 233 g/mol. The molecule has 0 aromatic carbocycles. The highest BCUT2D eigenvalue weighted by Gasteiger charge is 2.11. The van der Waals surface area contributed by atoms with Gasteiger partial charge >= 0.3 is 0 Å². The van der Waals surface area contributed by atoms with Gasteiger partial charge in [-0.1, -0.05) is 0 Å². The van der Waals surface area contributed by atoms with E-state index in [1.165, 1.54) is 0 Å². The standard InChI is InChI=1S/C6H5BrFN3O/c7-5-4(9)2(6(10)12)1-3(8)11-5/h1H,9H2,(H2,10,12). The summed E-state index contributed by atoms with van der Waals surface area (Å²) in [6, 6.07) is 0.891. The van der Waals surface area contributed by atoms with Crippen LogP contribution in [0.15, 0.2) is 10.7 Å². The van der Waals surface area contributed by atoms with Crippen LogP contribution in [0.4, 0.5) is 10.1 Å². The lowest BCUT2D eigenvalue weighted by Gasteiger charge is -2.02. The van der Waals surface area contributed by atoms with E-state index in [-0.39, 0.29) is 15.9 Å². The van der Waals surface area contributed by atoms with Gasteiger partial charge in [-0.2, -0.15) is 4.39 Å². The number of nitrogen functional groups attached to an aromatic ring is 1. The molecular formula is C6H5BrFN3O. The third-order valence-corrected chi connectivity index (χ3v) is 1.85. The molecule has 0 radical (unpaired) electrons. The van der Waals surface area contributed by atoms with Crippen molar-refractivity contribution < 1.29 is 9.18 Å². The number of nitrogens with zero attached hydrogens (tertiary/aromatic N) is 1. The molecule has 1 amide bonds. The average Bonchev–Trinajstić information content (AvgIpc) is 1.96. The van der Waals surface area contributed by atoms with Gasteiger partial charge in [-0.05, 0) is 15.9 Å². The van der Waals surface area contributed by atoms with Crippen LogP contribution >= 0.6 is 15.9 Å². The number of carbonyl (C=O) groups is 1. The van der Waals surface area contributed by atoms with Gasteiger partial charge in [-0.15, -0.1) is 0 Å². The minimum absolute atomic E-state index is 0.0453. The van der Waals surface area contributed by atoms with Crippen LogP contribution in [0.25, 0.3) is 0 Å². The second kappa shape index (κ2) is 3.06. The minimum Gasteiger partial charge on any atom is -0.396 e. The second-order valence-electron chi connectivity index (χ2n) is 2.06. The van der Waals surface area contributed by atoms with Crippen LogP contribution in [0.2, 0.25) is 0 Å². The average molecular weight is 234 g/mol. The molecule has 0 fully saturated rings. The largest absolute Gasteiger partial charge is 0.396 e. The molecule has 0 unspecified atom stereocenters. The van der Waals surface area contributed by atoms with Gasteiger partial charge in [0.05, 0.1) is 11.3 Å². The molecule has 1 heterocycles. The quantitative estimate of drug-likeness (QED) is 0.700. The van der Waals surface area contributed by atoms with Gasteiger partial charge in [0.1, 0.15) is 4.60 Å². The van der Waals surface area contributed by atoms with Crippen LogP contribution in [-0.2, 0) is 0 Å². The van der Waals surface area contributed by atoms with Crippen molar-refractivity contribution in [3.63, 3.8) is 0 Å². The van der Waals surface area contributed by atoms with Crippen molar-refractivity contribution >= 4 is 27.5 Å². The zero-order chi connectivity index (χ0) is 9.30. The maximum absolute atomic E-state index is 12.6. The van der Waals surface area contributed by atoms with Crippen molar-refractivity contribution in [2.75, 3.05) is 5.73 Å². The summed E-state index contributed by atoms with van der Waals surface area (Å²) in [5, 5.41) is 0. The van der Waals surface area contributed by atoms with Crippen molar-refractivity contribution in [2.45, 2.75) is 0 Å². The van der Waals surface area contributed by atoms with E-state index in [0.29, 0.717) is 0 Å². The molecule has 0 atom stereocenters. The summed E-state index contributed by atoms with van der Waals surface area (Å²) in [5.74, 6) is -1.58. The highest BCUT2D eigenvalue weighted by Crippen LogP contribution is 2.21. The lowest BCUT2D eigenvalue weighted by atomic mass is 10.2. The van der Waals surface area contributed by atoms with Gasteiger partial charge in [0.2, 0.25) is 5.95 Å². The van der Waals surface area contributed by atoms with E-state index in [1.807, 2.05) is 0 Å². The molecule has 0 saturated heterocycles. The zero-order valence-corrected chi connectivity index (χ0v) is 7.43. The molecule has 0 spiro atoms. The Morgan fingerprint density at radius 3 is 2.75 bits per heavy atom. The van der Waals surface area contributed by atoms with Gasteiger partial charge < -0.3 is 11.5 Å². The highest BCUT2D eigenvalue weighted by molar-refractivity contribution is 9.10. The van der Waals surface area contributed by atoms with E-state index in [9.17, 15) is 9.18 Å². The minimum atomic E-state index is -0.801. The first-order chi connectivity index (χ1) is 5.52. The van der Waals surface area contributed by atoms with Crippen LogP contribution in [0, 0.1) is 5.95 Å². The van der Waals surface area contributed by atoms with Crippen molar-refractivity contribution in [1.29, 1.82) is 0 Å². The third-order valence-electron chi connectivity index (χ3n) is 1.25. The summed E-state index contributed by atoms with van der Waals surface area (Å²) in [4.78, 5) is 14.0. The Kier molecular flexibility index (Phi) is 2.27. The fourth-order valence-electron chi connectivity index (χ4n) is 0.698. The number of nitrogens with two attached hydrogens (primary N) is 2. The third kappa shape index (κ3) is 1.53. The summed E-state index contributed by atoms with van der Waals surface area (Å²) in [6.45, 7) is 0. The molecule has 1 aromatic rings. The van der Waals surface area contributed by atoms with E-state index in [4.69, 9.17) is 11.5 Å². The van der Waals surface area contributed by atoms with Crippen molar-refractivity contribution in [3.8, 4) is 0 Å². The first kappa shape index (κ1) is 8.92. The highest BCUT2D eigenvalue weighted by atomic mass is 79.9. The van der Waals surface area contributed by atoms with Crippen LogP contribution in [-0.4, -0.2) is 10.9 Å². The predicted octanol–water partition coefficient (Wildman–Crippen LogP) is 0.664. The van der Waals surface area contributed by atoms with E-state index in [1.54, 1.807) is 0 Å². The summed E-state index contributed by atoms with van der Waals surface area (Å²) in [7, 11) is 0. The number of rotatable bonds is 1. The van der Waals surface area contributed by atoms with E-state index in [0.717, 1.165) is 6.07 Å². The number of aromatic nitrogens is 1. The first-order valence-corrected chi connectivity index (χ1v) is 3.73. The summed E-state index contributed by atoms with van der Waals surface area (Å²) < 4.78 is 12.6. The molecule has 0 saturated carbocycles. The molecule has 64 valence electrons. The number of amides is 1. The summed E-state index contributed by atoms with van der Waals surface area (Å²) >= 11 is 2.88. The van der Waals surface area contributed by atoms with Crippen molar-refractivity contribution in [1.82, 2.24) is 4.98 Å². The van der Waals surface area contributed by atoms with E-state index in [2.05, 4.69) is 20.9 Å². The Hall–Kier alpha value is -1.17. The molecule has 0 aliphatic rings. The normalized spacial score (nSPS) is 9.83. The van der Waals surface area contributed by atoms with Crippen molar-refractivity contribution in [2.24, 2.45) is 5.73 Å². The zero-order valence-electron chi connectivity index (χ0n) is 5.84.